The fraction of sp³-hybridized carbons (Fsp3) is 0.438. The Morgan fingerprint density at radius 2 is 1.62 bits per heavy atom. The summed E-state index contributed by atoms with van der Waals surface area (Å²) >= 11 is 0. The van der Waals surface area contributed by atoms with E-state index >= 15 is 0 Å². The fourth-order valence-electron chi connectivity index (χ4n) is 6.22. The molecule has 0 radical (unpaired) electrons. The molecule has 0 N–H and O–H groups in total. The first-order valence-electron chi connectivity index (χ1n) is 14.2. The highest BCUT2D eigenvalue weighted by molar-refractivity contribution is 6.04. The van der Waals surface area contributed by atoms with Gasteiger partial charge in [-0.1, -0.05) is 24.3 Å². The first kappa shape index (κ1) is 27.8. The van der Waals surface area contributed by atoms with Gasteiger partial charge in [0.1, 0.15) is 5.76 Å². The lowest BCUT2D eigenvalue weighted by Gasteiger charge is -2.35. The number of rotatable bonds is 8. The standard InChI is InChI=1S/C32H36N4O6/c1-19-9-21-15-33-24-12-26(25(39-4)11-23(24)30(37)35(21)17-19)41-7-6-8-42-27-13-29-32(3,14-28(27)40-5)31(38)36-18-20(2)10-22(36)16-34-29/h11-13,15-16,21-22H,1-2,6-10,14,17-18H2,3-5H3/t21-,22?,32?/m0/s1. The minimum atomic E-state index is -0.827. The number of amides is 2. The van der Waals surface area contributed by atoms with Gasteiger partial charge in [0.2, 0.25) is 5.91 Å². The summed E-state index contributed by atoms with van der Waals surface area (Å²) in [6.07, 6.45) is 7.87. The molecule has 42 heavy (non-hydrogen) atoms. The van der Waals surface area contributed by atoms with Crippen molar-refractivity contribution in [2.45, 2.75) is 44.7 Å². The molecule has 2 amide bonds. The number of allylic oxidation sites excluding steroid dienone is 2. The smallest absolute Gasteiger partial charge is 0.257 e. The summed E-state index contributed by atoms with van der Waals surface area (Å²) in [4.78, 5) is 39.7. The summed E-state index contributed by atoms with van der Waals surface area (Å²) in [6.45, 7) is 11.8. The van der Waals surface area contributed by atoms with Gasteiger partial charge >= 0.3 is 0 Å². The molecule has 3 atom stereocenters. The molecule has 0 spiro atoms. The average Bonchev–Trinajstić information content (AvgIpc) is 3.49. The Morgan fingerprint density at radius 1 is 0.929 bits per heavy atom. The van der Waals surface area contributed by atoms with E-state index < -0.39 is 5.41 Å². The van der Waals surface area contributed by atoms with Crippen LogP contribution < -0.4 is 9.47 Å². The highest BCUT2D eigenvalue weighted by Crippen LogP contribution is 2.45. The molecule has 4 heterocycles. The second kappa shape index (κ2) is 10.8. The van der Waals surface area contributed by atoms with E-state index in [0.29, 0.717) is 79.1 Å². The third-order valence-electron chi connectivity index (χ3n) is 8.53. The first-order valence-corrected chi connectivity index (χ1v) is 14.2. The lowest BCUT2D eigenvalue weighted by atomic mass is 9.78. The summed E-state index contributed by atoms with van der Waals surface area (Å²) < 4.78 is 23.4. The Labute approximate surface area is 245 Å². The van der Waals surface area contributed by atoms with Crippen molar-refractivity contribution in [1.82, 2.24) is 9.80 Å². The largest absolute Gasteiger partial charge is 0.497 e. The van der Waals surface area contributed by atoms with Crippen LogP contribution in [0.4, 0.5) is 5.69 Å². The van der Waals surface area contributed by atoms with Crippen molar-refractivity contribution < 1.29 is 28.5 Å². The molecule has 1 aliphatic carbocycles. The average molecular weight is 573 g/mol. The summed E-state index contributed by atoms with van der Waals surface area (Å²) in [5, 5.41) is 0. The van der Waals surface area contributed by atoms with Crippen LogP contribution in [0, 0.1) is 5.41 Å². The fourth-order valence-corrected chi connectivity index (χ4v) is 6.22. The maximum atomic E-state index is 13.6. The zero-order chi connectivity index (χ0) is 29.6. The summed E-state index contributed by atoms with van der Waals surface area (Å²) in [7, 11) is 3.14. The van der Waals surface area contributed by atoms with Crippen molar-refractivity contribution in [3.8, 4) is 11.5 Å². The second-order valence-electron chi connectivity index (χ2n) is 11.6. The molecule has 0 saturated carbocycles. The topological polar surface area (TPSA) is 102 Å². The van der Waals surface area contributed by atoms with E-state index in [-0.39, 0.29) is 23.9 Å². The number of carbonyl (C=O) groups excluding carboxylic acids is 2. The number of methoxy groups -OCH3 is 2. The molecule has 10 nitrogen and oxygen atoms in total. The maximum absolute atomic E-state index is 13.6. The highest BCUT2D eigenvalue weighted by atomic mass is 16.5. The lowest BCUT2D eigenvalue weighted by molar-refractivity contribution is -0.139. The van der Waals surface area contributed by atoms with E-state index in [2.05, 4.69) is 18.2 Å². The Bertz CT molecular complexity index is 1490. The van der Waals surface area contributed by atoms with Crippen molar-refractivity contribution in [2.24, 2.45) is 15.4 Å². The van der Waals surface area contributed by atoms with E-state index in [1.807, 2.05) is 30.3 Å². The first-order chi connectivity index (χ1) is 20.2. The maximum Gasteiger partial charge on any atom is 0.257 e. The zero-order valence-electron chi connectivity index (χ0n) is 24.4. The van der Waals surface area contributed by atoms with Gasteiger partial charge in [0, 0.05) is 50.5 Å². The van der Waals surface area contributed by atoms with E-state index in [1.54, 1.807) is 31.3 Å². The molecule has 2 unspecified atom stereocenters. The van der Waals surface area contributed by atoms with Crippen LogP contribution in [0.25, 0.3) is 0 Å². The Balaban J connectivity index is 1.10. The monoisotopic (exact) mass is 572 g/mol. The number of fused-ring (bicyclic) bond motifs is 4. The number of benzene rings is 1. The van der Waals surface area contributed by atoms with Crippen LogP contribution in [0.5, 0.6) is 11.5 Å². The van der Waals surface area contributed by atoms with Crippen LogP contribution in [-0.2, 0) is 14.3 Å². The molecule has 220 valence electrons. The molecule has 1 aromatic carbocycles. The number of hydrogen-bond acceptors (Lipinski definition) is 8. The van der Waals surface area contributed by atoms with Gasteiger partial charge < -0.3 is 28.7 Å². The molecular formula is C32H36N4O6. The van der Waals surface area contributed by atoms with Gasteiger partial charge in [0.25, 0.3) is 5.91 Å². The lowest BCUT2D eigenvalue weighted by Crippen LogP contribution is -2.45. The predicted octanol–water partition coefficient (Wildman–Crippen LogP) is 4.36. The zero-order valence-corrected chi connectivity index (χ0v) is 24.4. The van der Waals surface area contributed by atoms with Gasteiger partial charge in [-0.15, -0.1) is 0 Å². The van der Waals surface area contributed by atoms with Gasteiger partial charge in [-0.25, -0.2) is 0 Å². The Hall–Kier alpha value is -4.34. The van der Waals surface area contributed by atoms with E-state index in [9.17, 15) is 9.59 Å². The van der Waals surface area contributed by atoms with Crippen molar-refractivity contribution >= 4 is 29.9 Å². The van der Waals surface area contributed by atoms with Gasteiger partial charge in [-0.05, 0) is 25.8 Å². The van der Waals surface area contributed by atoms with Crippen molar-refractivity contribution in [1.29, 1.82) is 0 Å². The van der Waals surface area contributed by atoms with E-state index in [4.69, 9.17) is 23.9 Å². The number of aliphatic imine (C=N–C) groups is 2. The van der Waals surface area contributed by atoms with Crippen molar-refractivity contribution in [2.75, 3.05) is 40.5 Å². The van der Waals surface area contributed by atoms with Crippen molar-refractivity contribution in [3.63, 3.8) is 0 Å². The molecule has 1 aromatic rings. The number of hydrogen-bond donors (Lipinski definition) is 0. The molecular weight excluding hydrogens is 536 g/mol. The molecule has 0 aromatic heterocycles. The van der Waals surface area contributed by atoms with E-state index in [1.165, 1.54) is 0 Å². The predicted molar refractivity (Wildman–Crippen MR) is 158 cm³/mol. The molecule has 10 heteroatoms. The van der Waals surface area contributed by atoms with Gasteiger partial charge in [0.05, 0.1) is 61.9 Å². The van der Waals surface area contributed by atoms with Gasteiger partial charge in [-0.2, -0.15) is 0 Å². The van der Waals surface area contributed by atoms with Crippen LogP contribution in [0.1, 0.15) is 43.0 Å². The van der Waals surface area contributed by atoms with Gasteiger partial charge in [-0.3, -0.25) is 19.6 Å². The van der Waals surface area contributed by atoms with Crippen molar-refractivity contribution in [3.05, 3.63) is 65.3 Å². The number of nitrogens with zero attached hydrogens (tertiary/aromatic N) is 4. The number of carbonyl (C=O) groups is 2. The third kappa shape index (κ3) is 4.78. The molecule has 0 bridgehead atoms. The van der Waals surface area contributed by atoms with E-state index in [0.717, 1.165) is 24.0 Å². The second-order valence-corrected chi connectivity index (χ2v) is 11.6. The summed E-state index contributed by atoms with van der Waals surface area (Å²) in [5.41, 5.74) is 2.95. The Morgan fingerprint density at radius 3 is 2.36 bits per heavy atom. The van der Waals surface area contributed by atoms with Crippen LogP contribution in [-0.4, -0.2) is 86.6 Å². The van der Waals surface area contributed by atoms with Crippen LogP contribution in [0.15, 0.2) is 69.7 Å². The SMILES string of the molecule is C=C1CC2C=NC3=CC(OCCCOc4cc5c(cc4OC)C(=O)N4CC(=C)C[C@H]4C=N5)=C(OC)CC3(C)C(=O)N2C1. The Kier molecular flexibility index (Phi) is 7.16. The molecule has 2 saturated heterocycles. The van der Waals surface area contributed by atoms with Crippen LogP contribution in [0.2, 0.25) is 0 Å². The number of ether oxygens (including phenoxy) is 4. The summed E-state index contributed by atoms with van der Waals surface area (Å²) in [6, 6.07) is 3.30. The van der Waals surface area contributed by atoms with Crippen LogP contribution >= 0.6 is 0 Å². The molecule has 4 aliphatic heterocycles. The van der Waals surface area contributed by atoms with Gasteiger partial charge in [0.15, 0.2) is 17.3 Å². The highest BCUT2D eigenvalue weighted by Gasteiger charge is 2.49. The molecule has 6 rings (SSSR count). The third-order valence-corrected chi connectivity index (χ3v) is 8.53. The normalized spacial score (nSPS) is 26.3. The molecule has 2 fully saturated rings. The molecule has 5 aliphatic rings. The quantitative estimate of drug-likeness (QED) is 0.339. The van der Waals surface area contributed by atoms with Crippen LogP contribution in [0.3, 0.4) is 0 Å². The minimum absolute atomic E-state index is 0.0310. The summed E-state index contributed by atoms with van der Waals surface area (Å²) in [5.74, 6) is 2.10. The minimum Gasteiger partial charge on any atom is -0.497 e.